The van der Waals surface area contributed by atoms with Crippen molar-refractivity contribution in [3.63, 3.8) is 0 Å². The minimum Gasteiger partial charge on any atom is -0.490 e. The molecule has 0 amide bonds. The van der Waals surface area contributed by atoms with Crippen LogP contribution in [0.15, 0.2) is 36.5 Å². The normalized spacial score (nSPS) is 9.95. The van der Waals surface area contributed by atoms with Crippen LogP contribution in [0.25, 0.3) is 0 Å². The van der Waals surface area contributed by atoms with Crippen molar-refractivity contribution in [3.05, 3.63) is 57.9 Å². The van der Waals surface area contributed by atoms with Crippen molar-refractivity contribution in [2.24, 2.45) is 0 Å². The van der Waals surface area contributed by atoms with E-state index in [-0.39, 0.29) is 18.0 Å². The molecule has 0 aliphatic rings. The van der Waals surface area contributed by atoms with Crippen LogP contribution in [0.2, 0.25) is 0 Å². The second kappa shape index (κ2) is 6.47. The van der Waals surface area contributed by atoms with Gasteiger partial charge in [-0.3, -0.25) is 14.9 Å². The van der Waals surface area contributed by atoms with E-state index in [2.05, 4.69) is 4.98 Å². The number of benzene rings is 1. The topological polar surface area (TPSA) is 91.6 Å². The number of nitro benzene ring substituents is 1. The Morgan fingerprint density at radius 1 is 1.33 bits per heavy atom. The fourth-order valence-electron chi connectivity index (χ4n) is 1.68. The molecule has 1 aromatic heterocycles. The molecule has 21 heavy (non-hydrogen) atoms. The standard InChI is InChI=1S/C14H12N2O5/c1-20-14-5-2-10(6-13(14)16(18)19)9-21-12-4-3-11(8-17)15-7-12/h2-8H,9H2,1H3. The van der Waals surface area contributed by atoms with E-state index in [4.69, 9.17) is 9.47 Å². The summed E-state index contributed by atoms with van der Waals surface area (Å²) in [5.41, 5.74) is 0.817. The molecule has 0 spiro atoms. The molecule has 0 fully saturated rings. The van der Waals surface area contributed by atoms with Gasteiger partial charge < -0.3 is 9.47 Å². The maximum absolute atomic E-state index is 10.9. The lowest BCUT2D eigenvalue weighted by atomic mass is 10.2. The van der Waals surface area contributed by atoms with E-state index in [0.717, 1.165) is 0 Å². The summed E-state index contributed by atoms with van der Waals surface area (Å²) in [7, 11) is 1.37. The SMILES string of the molecule is COc1ccc(COc2ccc(C=O)nc2)cc1[N+](=O)[O-]. The number of aldehydes is 1. The van der Waals surface area contributed by atoms with E-state index >= 15 is 0 Å². The Hall–Kier alpha value is -2.96. The average molecular weight is 288 g/mol. The quantitative estimate of drug-likeness (QED) is 0.460. The minimum absolute atomic E-state index is 0.118. The van der Waals surface area contributed by atoms with Crippen molar-refractivity contribution in [2.45, 2.75) is 6.61 Å². The van der Waals surface area contributed by atoms with Crippen molar-refractivity contribution >= 4 is 12.0 Å². The first-order valence-corrected chi connectivity index (χ1v) is 5.99. The molecule has 0 saturated carbocycles. The van der Waals surface area contributed by atoms with Gasteiger partial charge >= 0.3 is 5.69 Å². The van der Waals surface area contributed by atoms with Gasteiger partial charge in [-0.25, -0.2) is 4.98 Å². The summed E-state index contributed by atoms with van der Waals surface area (Å²) in [5.74, 6) is 0.667. The average Bonchev–Trinajstić information content (AvgIpc) is 2.53. The highest BCUT2D eigenvalue weighted by atomic mass is 16.6. The predicted octanol–water partition coefficient (Wildman–Crippen LogP) is 2.39. The molecule has 7 heteroatoms. The van der Waals surface area contributed by atoms with Crippen molar-refractivity contribution in [1.82, 2.24) is 4.98 Å². The fourth-order valence-corrected chi connectivity index (χ4v) is 1.68. The van der Waals surface area contributed by atoms with Gasteiger partial charge in [-0.05, 0) is 23.8 Å². The van der Waals surface area contributed by atoms with E-state index in [1.807, 2.05) is 0 Å². The van der Waals surface area contributed by atoms with Crippen LogP contribution in [0.4, 0.5) is 5.69 Å². The van der Waals surface area contributed by atoms with E-state index in [0.29, 0.717) is 23.3 Å². The number of carbonyl (C=O) groups is 1. The Morgan fingerprint density at radius 2 is 2.14 bits per heavy atom. The van der Waals surface area contributed by atoms with Crippen LogP contribution in [0.1, 0.15) is 16.1 Å². The van der Waals surface area contributed by atoms with E-state index in [1.165, 1.54) is 31.5 Å². The number of rotatable bonds is 6. The van der Waals surface area contributed by atoms with Crippen LogP contribution in [-0.2, 0) is 6.61 Å². The molecule has 0 aliphatic carbocycles. The molecule has 2 rings (SSSR count). The molecule has 0 N–H and O–H groups in total. The van der Waals surface area contributed by atoms with Gasteiger partial charge in [-0.15, -0.1) is 0 Å². The number of hydrogen-bond acceptors (Lipinski definition) is 6. The van der Waals surface area contributed by atoms with Gasteiger partial charge in [0.15, 0.2) is 12.0 Å². The number of nitro groups is 1. The van der Waals surface area contributed by atoms with Gasteiger partial charge in [-0.1, -0.05) is 6.07 Å². The van der Waals surface area contributed by atoms with Gasteiger partial charge in [0.1, 0.15) is 18.1 Å². The third kappa shape index (κ3) is 3.53. The Balaban J connectivity index is 2.10. The van der Waals surface area contributed by atoms with Crippen molar-refractivity contribution < 1.29 is 19.2 Å². The van der Waals surface area contributed by atoms with Crippen molar-refractivity contribution in [2.75, 3.05) is 7.11 Å². The molecule has 1 heterocycles. The Labute approximate surface area is 120 Å². The molecule has 0 saturated heterocycles. The smallest absolute Gasteiger partial charge is 0.311 e. The molecule has 0 atom stereocenters. The number of carbonyl (C=O) groups excluding carboxylic acids is 1. The highest BCUT2D eigenvalue weighted by Gasteiger charge is 2.15. The molecule has 0 radical (unpaired) electrons. The van der Waals surface area contributed by atoms with Gasteiger partial charge in [0.25, 0.3) is 0 Å². The molecule has 2 aromatic rings. The van der Waals surface area contributed by atoms with Crippen molar-refractivity contribution in [1.29, 1.82) is 0 Å². The summed E-state index contributed by atoms with van der Waals surface area (Å²) >= 11 is 0. The number of ether oxygens (including phenoxy) is 2. The van der Waals surface area contributed by atoms with Crippen LogP contribution in [0.5, 0.6) is 11.5 Å². The second-order valence-electron chi connectivity index (χ2n) is 4.09. The van der Waals surface area contributed by atoms with Crippen LogP contribution in [-0.4, -0.2) is 23.3 Å². The summed E-state index contributed by atoms with van der Waals surface area (Å²) in [6.07, 6.45) is 2.05. The van der Waals surface area contributed by atoms with Crippen LogP contribution in [0.3, 0.4) is 0 Å². The lowest BCUT2D eigenvalue weighted by molar-refractivity contribution is -0.385. The van der Waals surface area contributed by atoms with Gasteiger partial charge in [0.05, 0.1) is 18.2 Å². The lowest BCUT2D eigenvalue weighted by Crippen LogP contribution is -1.99. The highest BCUT2D eigenvalue weighted by Crippen LogP contribution is 2.27. The van der Waals surface area contributed by atoms with Crippen molar-refractivity contribution in [3.8, 4) is 11.5 Å². The number of hydrogen-bond donors (Lipinski definition) is 0. The third-order valence-electron chi connectivity index (χ3n) is 2.73. The Kier molecular flexibility index (Phi) is 4.45. The maximum Gasteiger partial charge on any atom is 0.311 e. The summed E-state index contributed by atoms with van der Waals surface area (Å²) in [6, 6.07) is 7.73. The lowest BCUT2D eigenvalue weighted by Gasteiger charge is -2.07. The second-order valence-corrected chi connectivity index (χ2v) is 4.09. The predicted molar refractivity (Wildman–Crippen MR) is 73.6 cm³/mol. The number of methoxy groups -OCH3 is 1. The van der Waals surface area contributed by atoms with Crippen LogP contribution >= 0.6 is 0 Å². The molecule has 0 aliphatic heterocycles. The minimum atomic E-state index is -0.511. The fraction of sp³-hybridized carbons (Fsp3) is 0.143. The van der Waals surface area contributed by atoms with Gasteiger partial charge in [-0.2, -0.15) is 0 Å². The van der Waals surface area contributed by atoms with E-state index in [9.17, 15) is 14.9 Å². The molecule has 108 valence electrons. The van der Waals surface area contributed by atoms with Crippen LogP contribution < -0.4 is 9.47 Å². The third-order valence-corrected chi connectivity index (χ3v) is 2.73. The van der Waals surface area contributed by atoms with Crippen LogP contribution in [0, 0.1) is 10.1 Å². The maximum atomic E-state index is 10.9. The zero-order valence-electron chi connectivity index (χ0n) is 11.2. The number of pyridine rings is 1. The first-order chi connectivity index (χ1) is 10.1. The summed E-state index contributed by atoms with van der Waals surface area (Å²) < 4.78 is 10.4. The number of aromatic nitrogens is 1. The largest absolute Gasteiger partial charge is 0.490 e. The first-order valence-electron chi connectivity index (χ1n) is 5.99. The molecular weight excluding hydrogens is 276 g/mol. The molecular formula is C14H12N2O5. The molecule has 7 nitrogen and oxygen atoms in total. The number of nitrogens with zero attached hydrogens (tertiary/aromatic N) is 2. The molecule has 0 unspecified atom stereocenters. The monoisotopic (exact) mass is 288 g/mol. The first kappa shape index (κ1) is 14.4. The Bertz CT molecular complexity index is 655. The Morgan fingerprint density at radius 3 is 2.71 bits per heavy atom. The van der Waals surface area contributed by atoms with E-state index in [1.54, 1.807) is 12.1 Å². The molecule has 1 aromatic carbocycles. The summed E-state index contributed by atoms with van der Waals surface area (Å²) in [5, 5.41) is 10.9. The summed E-state index contributed by atoms with van der Waals surface area (Å²) in [4.78, 5) is 24.7. The highest BCUT2D eigenvalue weighted by molar-refractivity contribution is 5.71. The summed E-state index contributed by atoms with van der Waals surface area (Å²) in [6.45, 7) is 0.146. The van der Waals surface area contributed by atoms with E-state index < -0.39 is 4.92 Å². The zero-order valence-corrected chi connectivity index (χ0v) is 11.2. The molecule has 0 bridgehead atoms. The van der Waals surface area contributed by atoms with Gasteiger partial charge in [0, 0.05) is 6.07 Å². The zero-order chi connectivity index (χ0) is 15.2. The van der Waals surface area contributed by atoms with Gasteiger partial charge in [0.2, 0.25) is 0 Å².